The zero-order valence-electron chi connectivity index (χ0n) is 12.8. The fourth-order valence-electron chi connectivity index (χ4n) is 3.01. The van der Waals surface area contributed by atoms with E-state index in [2.05, 4.69) is 0 Å². The van der Waals surface area contributed by atoms with Gasteiger partial charge >= 0.3 is 0 Å². The molecule has 0 radical (unpaired) electrons. The van der Waals surface area contributed by atoms with E-state index in [1.54, 1.807) is 17.0 Å². The Morgan fingerprint density at radius 1 is 0.880 bits per heavy atom. The van der Waals surface area contributed by atoms with Crippen LogP contribution in [0.4, 0.5) is 22.7 Å². The molecule has 1 aliphatic heterocycles. The normalized spacial score (nSPS) is 13.2. The van der Waals surface area contributed by atoms with E-state index in [1.807, 2.05) is 0 Å². The summed E-state index contributed by atoms with van der Waals surface area (Å²) in [7, 11) is 0. The Morgan fingerprint density at radius 3 is 2.24 bits per heavy atom. The van der Waals surface area contributed by atoms with Gasteiger partial charge in [-0.05, 0) is 18.1 Å². The first kappa shape index (κ1) is 16.3. The molecular weight excluding hydrogens is 332 g/mol. The van der Waals surface area contributed by atoms with Crippen molar-refractivity contribution in [3.63, 3.8) is 0 Å². The van der Waals surface area contributed by atoms with E-state index >= 15 is 0 Å². The van der Waals surface area contributed by atoms with E-state index in [1.165, 1.54) is 18.2 Å². The lowest BCUT2D eigenvalue weighted by molar-refractivity contribution is -0.393. The third-order valence-corrected chi connectivity index (χ3v) is 4.15. The summed E-state index contributed by atoms with van der Waals surface area (Å²) in [6.45, 7) is 0.603. The van der Waals surface area contributed by atoms with Crippen LogP contribution in [-0.4, -0.2) is 21.3 Å². The number of hydrogen-bond donors (Lipinski definition) is 0. The third kappa shape index (κ3) is 2.96. The van der Waals surface area contributed by atoms with Gasteiger partial charge in [0.15, 0.2) is 0 Å². The Morgan fingerprint density at radius 2 is 1.60 bits per heavy atom. The zero-order valence-corrected chi connectivity index (χ0v) is 12.8. The van der Waals surface area contributed by atoms with Gasteiger partial charge in [0.2, 0.25) is 0 Å². The number of benzene rings is 2. The summed E-state index contributed by atoms with van der Waals surface area (Å²) < 4.78 is 0. The maximum absolute atomic E-state index is 11.3. The molecule has 0 amide bonds. The van der Waals surface area contributed by atoms with Crippen molar-refractivity contribution in [3.05, 3.63) is 77.9 Å². The molecule has 10 heteroatoms. The maximum Gasteiger partial charge on any atom is 0.299 e. The fraction of sp³-hybridized carbons (Fsp3) is 0.200. The van der Waals surface area contributed by atoms with E-state index in [-0.39, 0.29) is 29.3 Å². The van der Waals surface area contributed by atoms with Crippen LogP contribution in [0.25, 0.3) is 0 Å². The molecule has 0 fully saturated rings. The first-order valence-electron chi connectivity index (χ1n) is 7.31. The highest BCUT2D eigenvalue weighted by molar-refractivity contribution is 5.68. The summed E-state index contributed by atoms with van der Waals surface area (Å²) in [5, 5.41) is 33.2. The van der Waals surface area contributed by atoms with Crippen LogP contribution < -0.4 is 4.90 Å². The number of rotatable bonds is 4. The fourth-order valence-corrected chi connectivity index (χ4v) is 3.01. The third-order valence-electron chi connectivity index (χ3n) is 4.15. The van der Waals surface area contributed by atoms with E-state index in [0.717, 1.165) is 6.07 Å². The highest BCUT2D eigenvalue weighted by Gasteiger charge is 2.28. The Balaban J connectivity index is 2.00. The van der Waals surface area contributed by atoms with Crippen molar-refractivity contribution in [2.45, 2.75) is 13.0 Å². The Kier molecular flexibility index (Phi) is 4.01. The van der Waals surface area contributed by atoms with Crippen LogP contribution in [0.15, 0.2) is 36.4 Å². The number of anilines is 1. The van der Waals surface area contributed by atoms with Crippen LogP contribution >= 0.6 is 0 Å². The topological polar surface area (TPSA) is 133 Å². The highest BCUT2D eigenvalue weighted by atomic mass is 16.6. The van der Waals surface area contributed by atoms with Gasteiger partial charge in [0.05, 0.1) is 20.8 Å². The molecule has 0 bridgehead atoms. The lowest BCUT2D eigenvalue weighted by atomic mass is 9.97. The molecule has 1 heterocycles. The molecule has 0 atom stereocenters. The van der Waals surface area contributed by atoms with Crippen molar-refractivity contribution in [1.82, 2.24) is 0 Å². The lowest BCUT2D eigenvalue weighted by Gasteiger charge is -2.30. The van der Waals surface area contributed by atoms with Gasteiger partial charge in [-0.3, -0.25) is 30.3 Å². The van der Waals surface area contributed by atoms with Gasteiger partial charge in [0.1, 0.15) is 5.69 Å². The van der Waals surface area contributed by atoms with Crippen molar-refractivity contribution in [1.29, 1.82) is 0 Å². The van der Waals surface area contributed by atoms with Gasteiger partial charge < -0.3 is 4.90 Å². The number of nitro groups is 3. The summed E-state index contributed by atoms with van der Waals surface area (Å²) in [5.41, 5.74) is 0.913. The summed E-state index contributed by atoms with van der Waals surface area (Å²) in [6.07, 6.45) is 0.362. The van der Waals surface area contributed by atoms with Crippen molar-refractivity contribution >= 4 is 22.7 Å². The molecular formula is C15H12N4O6. The second kappa shape index (κ2) is 6.15. The first-order chi connectivity index (χ1) is 11.9. The van der Waals surface area contributed by atoms with Gasteiger partial charge in [0.25, 0.3) is 17.1 Å². The van der Waals surface area contributed by atoms with Gasteiger partial charge in [0, 0.05) is 30.8 Å². The molecule has 0 unspecified atom stereocenters. The summed E-state index contributed by atoms with van der Waals surface area (Å²) >= 11 is 0. The number of hydrogen-bond acceptors (Lipinski definition) is 7. The first-order valence-corrected chi connectivity index (χ1v) is 7.31. The Bertz CT molecular complexity index is 898. The quantitative estimate of drug-likeness (QED) is 0.615. The molecule has 0 aliphatic carbocycles. The standard InChI is InChI=1S/C15H12N4O6/c20-17(21)11-4-5-14(15(8-11)19(24)25)16-7-6-12-10(9-16)2-1-3-13(12)18(22)23/h1-5,8H,6-7,9H2. The summed E-state index contributed by atoms with van der Waals surface area (Å²) in [6, 6.07) is 8.24. The van der Waals surface area contributed by atoms with Crippen LogP contribution in [0.1, 0.15) is 11.1 Å². The SMILES string of the molecule is O=[N+]([O-])c1ccc(N2CCc3c(cccc3[N+](=O)[O-])C2)c([N+](=O)[O-])c1. The van der Waals surface area contributed by atoms with Gasteiger partial charge in [-0.1, -0.05) is 12.1 Å². The molecule has 2 aromatic rings. The Hall–Kier alpha value is -3.56. The molecule has 0 saturated heterocycles. The monoisotopic (exact) mass is 344 g/mol. The Labute approximate surface area is 140 Å². The predicted molar refractivity (Wildman–Crippen MR) is 87.6 cm³/mol. The minimum absolute atomic E-state index is 0.0374. The molecule has 3 rings (SSSR count). The molecule has 0 saturated carbocycles. The molecule has 0 aromatic heterocycles. The van der Waals surface area contributed by atoms with Gasteiger partial charge in [-0.2, -0.15) is 0 Å². The van der Waals surface area contributed by atoms with Gasteiger partial charge in [-0.15, -0.1) is 0 Å². The highest BCUT2D eigenvalue weighted by Crippen LogP contribution is 2.36. The maximum atomic E-state index is 11.3. The summed E-state index contributed by atoms with van der Waals surface area (Å²) in [5.74, 6) is 0. The molecule has 1 aliphatic rings. The average molecular weight is 344 g/mol. The van der Waals surface area contributed by atoms with E-state index in [0.29, 0.717) is 24.1 Å². The van der Waals surface area contributed by atoms with E-state index in [4.69, 9.17) is 0 Å². The van der Waals surface area contributed by atoms with Crippen molar-refractivity contribution in [2.24, 2.45) is 0 Å². The van der Waals surface area contributed by atoms with Crippen molar-refractivity contribution < 1.29 is 14.8 Å². The minimum Gasteiger partial charge on any atom is -0.361 e. The molecule has 0 N–H and O–H groups in total. The van der Waals surface area contributed by atoms with Crippen molar-refractivity contribution in [2.75, 3.05) is 11.4 Å². The molecule has 25 heavy (non-hydrogen) atoms. The largest absolute Gasteiger partial charge is 0.361 e. The van der Waals surface area contributed by atoms with Crippen LogP contribution in [0.3, 0.4) is 0 Å². The second-order valence-electron chi connectivity index (χ2n) is 5.53. The van der Waals surface area contributed by atoms with E-state index < -0.39 is 14.8 Å². The lowest BCUT2D eigenvalue weighted by Crippen LogP contribution is -2.31. The average Bonchev–Trinajstić information content (AvgIpc) is 2.59. The van der Waals surface area contributed by atoms with Crippen LogP contribution in [-0.2, 0) is 13.0 Å². The van der Waals surface area contributed by atoms with Crippen LogP contribution in [0.2, 0.25) is 0 Å². The van der Waals surface area contributed by atoms with Crippen molar-refractivity contribution in [3.8, 4) is 0 Å². The predicted octanol–water partition coefficient (Wildman–Crippen LogP) is 2.97. The second-order valence-corrected chi connectivity index (χ2v) is 5.53. The zero-order chi connectivity index (χ0) is 18.1. The minimum atomic E-state index is -0.689. The number of non-ortho nitro benzene ring substituents is 1. The number of nitrogens with zero attached hydrogens (tertiary/aromatic N) is 4. The van der Waals surface area contributed by atoms with E-state index in [9.17, 15) is 30.3 Å². The smallest absolute Gasteiger partial charge is 0.299 e. The molecule has 128 valence electrons. The molecule has 10 nitrogen and oxygen atoms in total. The number of nitro benzene ring substituents is 3. The number of fused-ring (bicyclic) bond motifs is 1. The molecule has 2 aromatic carbocycles. The summed E-state index contributed by atoms with van der Waals surface area (Å²) in [4.78, 5) is 33.1. The molecule has 0 spiro atoms. The van der Waals surface area contributed by atoms with Crippen LogP contribution in [0.5, 0.6) is 0 Å². The van der Waals surface area contributed by atoms with Gasteiger partial charge in [-0.25, -0.2) is 0 Å². The van der Waals surface area contributed by atoms with Crippen LogP contribution in [0, 0.1) is 30.3 Å².